The summed E-state index contributed by atoms with van der Waals surface area (Å²) in [6.07, 6.45) is 6.16. The van der Waals surface area contributed by atoms with Crippen LogP contribution in [0.2, 0.25) is 0 Å². The number of hydrogen-bond donors (Lipinski definition) is 0. The second-order valence-electron chi connectivity index (χ2n) is 5.76. The number of nitrogens with zero attached hydrogens (tertiary/aromatic N) is 2. The van der Waals surface area contributed by atoms with E-state index in [0.29, 0.717) is 11.8 Å². The van der Waals surface area contributed by atoms with Gasteiger partial charge in [-0.25, -0.2) is 0 Å². The van der Waals surface area contributed by atoms with E-state index in [9.17, 15) is 9.59 Å². The molecule has 3 rings (SSSR count). The monoisotopic (exact) mass is 286 g/mol. The van der Waals surface area contributed by atoms with Crippen LogP contribution >= 0.6 is 0 Å². The molecule has 0 aliphatic carbocycles. The van der Waals surface area contributed by atoms with Crippen molar-refractivity contribution in [3.8, 4) is 12.3 Å². The highest BCUT2D eigenvalue weighted by Crippen LogP contribution is 2.34. The van der Waals surface area contributed by atoms with Gasteiger partial charge in [0.25, 0.3) is 5.56 Å². The molecule has 0 aromatic carbocycles. The number of carbonyl (C=O) groups excluding carboxylic acids is 1. The van der Waals surface area contributed by atoms with Gasteiger partial charge in [0.15, 0.2) is 6.61 Å². The molecule has 2 aliphatic heterocycles. The maximum atomic E-state index is 11.9. The molecule has 5 heteroatoms. The lowest BCUT2D eigenvalue weighted by atomic mass is 9.83. The number of carbonyl (C=O) groups is 1. The Morgan fingerprint density at radius 3 is 3.05 bits per heavy atom. The SMILES string of the molecule is C#CCOC(=O)CN1CC2C[C@@H](C1)Cn1c2cccc1=O. The largest absolute Gasteiger partial charge is 0.452 e. The summed E-state index contributed by atoms with van der Waals surface area (Å²) in [5.41, 5.74) is 1.16. The number of rotatable bonds is 3. The van der Waals surface area contributed by atoms with E-state index in [0.717, 1.165) is 31.7 Å². The Labute approximate surface area is 123 Å². The highest BCUT2D eigenvalue weighted by molar-refractivity contribution is 5.71. The molecule has 0 N–H and O–H groups in total. The Morgan fingerprint density at radius 1 is 1.38 bits per heavy atom. The van der Waals surface area contributed by atoms with Crippen LogP contribution in [-0.2, 0) is 16.1 Å². The molecule has 0 amide bonds. The normalized spacial score (nSPS) is 24.0. The quantitative estimate of drug-likeness (QED) is 0.598. The number of terminal acetylenes is 1. The van der Waals surface area contributed by atoms with Gasteiger partial charge in [-0.05, 0) is 18.4 Å². The zero-order valence-electron chi connectivity index (χ0n) is 11.8. The first kappa shape index (κ1) is 13.9. The minimum absolute atomic E-state index is 0.0256. The number of piperidine rings is 1. The second kappa shape index (κ2) is 5.74. The van der Waals surface area contributed by atoms with Gasteiger partial charge in [0.1, 0.15) is 0 Å². The van der Waals surface area contributed by atoms with Gasteiger partial charge in [-0.1, -0.05) is 12.0 Å². The van der Waals surface area contributed by atoms with Gasteiger partial charge >= 0.3 is 5.97 Å². The van der Waals surface area contributed by atoms with Crippen molar-refractivity contribution in [2.45, 2.75) is 18.9 Å². The number of aromatic nitrogens is 1. The zero-order chi connectivity index (χ0) is 14.8. The van der Waals surface area contributed by atoms with Crippen LogP contribution in [-0.4, -0.2) is 41.7 Å². The fourth-order valence-corrected chi connectivity index (χ4v) is 3.48. The van der Waals surface area contributed by atoms with Crippen molar-refractivity contribution in [2.24, 2.45) is 5.92 Å². The Bertz CT molecular complexity index is 644. The van der Waals surface area contributed by atoms with Gasteiger partial charge < -0.3 is 9.30 Å². The molecule has 1 aromatic heterocycles. The van der Waals surface area contributed by atoms with Gasteiger partial charge in [0.2, 0.25) is 0 Å². The minimum atomic E-state index is -0.279. The van der Waals surface area contributed by atoms with Gasteiger partial charge in [-0.2, -0.15) is 0 Å². The lowest BCUT2D eigenvalue weighted by Gasteiger charge is -2.42. The van der Waals surface area contributed by atoms with Gasteiger partial charge in [0.05, 0.1) is 6.54 Å². The van der Waals surface area contributed by atoms with Gasteiger partial charge in [-0.3, -0.25) is 14.5 Å². The Balaban J connectivity index is 1.72. The van der Waals surface area contributed by atoms with Crippen molar-refractivity contribution in [2.75, 3.05) is 26.2 Å². The van der Waals surface area contributed by atoms with E-state index >= 15 is 0 Å². The Morgan fingerprint density at radius 2 is 2.24 bits per heavy atom. The van der Waals surface area contributed by atoms with Crippen molar-refractivity contribution < 1.29 is 9.53 Å². The van der Waals surface area contributed by atoms with Crippen molar-refractivity contribution in [1.29, 1.82) is 0 Å². The molecule has 0 radical (unpaired) electrons. The summed E-state index contributed by atoms with van der Waals surface area (Å²) in [5, 5.41) is 0. The predicted molar refractivity (Wildman–Crippen MR) is 77.8 cm³/mol. The summed E-state index contributed by atoms with van der Waals surface area (Å²) in [7, 11) is 0. The molecule has 5 nitrogen and oxygen atoms in total. The van der Waals surface area contributed by atoms with Gasteiger partial charge in [0, 0.05) is 37.3 Å². The zero-order valence-corrected chi connectivity index (χ0v) is 11.8. The fraction of sp³-hybridized carbons (Fsp3) is 0.500. The Hall–Kier alpha value is -2.06. The first-order valence-electron chi connectivity index (χ1n) is 7.18. The molecule has 3 heterocycles. The van der Waals surface area contributed by atoms with Crippen LogP contribution in [0.3, 0.4) is 0 Å². The molecule has 2 bridgehead atoms. The average Bonchev–Trinajstić information content (AvgIpc) is 2.46. The van der Waals surface area contributed by atoms with Crippen LogP contribution in [0, 0.1) is 18.3 Å². The summed E-state index contributed by atoms with van der Waals surface area (Å²) >= 11 is 0. The van der Waals surface area contributed by atoms with Crippen molar-refractivity contribution in [1.82, 2.24) is 9.47 Å². The van der Waals surface area contributed by atoms with Crippen molar-refractivity contribution in [3.05, 3.63) is 34.2 Å². The van der Waals surface area contributed by atoms with Crippen LogP contribution in [0.1, 0.15) is 18.0 Å². The molecule has 1 unspecified atom stereocenters. The van der Waals surface area contributed by atoms with E-state index in [2.05, 4.69) is 10.8 Å². The molecule has 0 saturated carbocycles. The third-order valence-corrected chi connectivity index (χ3v) is 4.22. The first-order valence-corrected chi connectivity index (χ1v) is 7.18. The minimum Gasteiger partial charge on any atom is -0.452 e. The standard InChI is InChI=1S/C16H18N2O3/c1-2-6-21-16(20)11-17-8-12-7-13(10-17)14-4-3-5-15(19)18(14)9-12/h1,3-5,12-13H,6-11H2/t12-,13?/m0/s1. The molecule has 2 atom stereocenters. The number of likely N-dealkylation sites (tertiary alicyclic amines) is 1. The molecule has 21 heavy (non-hydrogen) atoms. The van der Waals surface area contributed by atoms with E-state index in [4.69, 9.17) is 11.2 Å². The summed E-state index contributed by atoms with van der Waals surface area (Å²) < 4.78 is 6.81. The summed E-state index contributed by atoms with van der Waals surface area (Å²) in [6, 6.07) is 5.44. The van der Waals surface area contributed by atoms with Crippen LogP contribution in [0.15, 0.2) is 23.0 Å². The molecule has 110 valence electrons. The van der Waals surface area contributed by atoms with Crippen LogP contribution in [0.4, 0.5) is 0 Å². The molecule has 1 aromatic rings. The highest BCUT2D eigenvalue weighted by Gasteiger charge is 2.35. The van der Waals surface area contributed by atoms with Crippen molar-refractivity contribution in [3.63, 3.8) is 0 Å². The van der Waals surface area contributed by atoms with E-state index in [1.807, 2.05) is 16.7 Å². The fourth-order valence-electron chi connectivity index (χ4n) is 3.48. The molecular formula is C16H18N2O3. The predicted octanol–water partition coefficient (Wildman–Crippen LogP) is 0.444. The number of pyridine rings is 1. The summed E-state index contributed by atoms with van der Waals surface area (Å²) in [5.74, 6) is 2.74. The maximum absolute atomic E-state index is 11.9. The molecule has 1 saturated heterocycles. The van der Waals surface area contributed by atoms with Crippen LogP contribution < -0.4 is 5.56 Å². The number of ether oxygens (including phenoxy) is 1. The van der Waals surface area contributed by atoms with E-state index in [1.54, 1.807) is 6.07 Å². The number of fused-ring (bicyclic) bond motifs is 4. The van der Waals surface area contributed by atoms with E-state index in [1.165, 1.54) is 0 Å². The topological polar surface area (TPSA) is 51.5 Å². The van der Waals surface area contributed by atoms with Crippen LogP contribution in [0.5, 0.6) is 0 Å². The highest BCUT2D eigenvalue weighted by atomic mass is 16.5. The van der Waals surface area contributed by atoms with E-state index in [-0.39, 0.29) is 24.7 Å². The van der Waals surface area contributed by atoms with Crippen molar-refractivity contribution >= 4 is 5.97 Å². The number of hydrogen-bond acceptors (Lipinski definition) is 4. The van der Waals surface area contributed by atoms with E-state index < -0.39 is 0 Å². The maximum Gasteiger partial charge on any atom is 0.321 e. The summed E-state index contributed by atoms with van der Waals surface area (Å²) in [4.78, 5) is 25.7. The second-order valence-corrected chi connectivity index (χ2v) is 5.76. The molecule has 2 aliphatic rings. The molecule has 0 spiro atoms. The lowest BCUT2D eigenvalue weighted by Crippen LogP contribution is -2.48. The summed E-state index contributed by atoms with van der Waals surface area (Å²) in [6.45, 7) is 2.64. The Kier molecular flexibility index (Phi) is 3.80. The van der Waals surface area contributed by atoms with Crippen LogP contribution in [0.25, 0.3) is 0 Å². The van der Waals surface area contributed by atoms with Gasteiger partial charge in [-0.15, -0.1) is 6.42 Å². The third-order valence-electron chi connectivity index (χ3n) is 4.22. The smallest absolute Gasteiger partial charge is 0.321 e. The third kappa shape index (κ3) is 2.86. The lowest BCUT2D eigenvalue weighted by molar-refractivity contribution is -0.144. The number of esters is 1. The first-order chi connectivity index (χ1) is 10.2. The molecular weight excluding hydrogens is 268 g/mol. The molecule has 1 fully saturated rings. The average molecular weight is 286 g/mol.